The Hall–Kier alpha value is -1.48. The van der Waals surface area contributed by atoms with Gasteiger partial charge < -0.3 is 10.1 Å². The first-order chi connectivity index (χ1) is 13.9. The van der Waals surface area contributed by atoms with Gasteiger partial charge in [-0.15, -0.1) is 0 Å². The topological polar surface area (TPSA) is 79.0 Å². The van der Waals surface area contributed by atoms with Crippen molar-refractivity contribution in [3.05, 3.63) is 29.8 Å². The van der Waals surface area contributed by atoms with Crippen LogP contribution in [0.5, 0.6) is 0 Å². The third-order valence-corrected chi connectivity index (χ3v) is 7.86. The van der Waals surface area contributed by atoms with Crippen LogP contribution < -0.4 is 5.32 Å². The summed E-state index contributed by atoms with van der Waals surface area (Å²) in [5.74, 6) is 0.388. The van der Waals surface area contributed by atoms with Crippen LogP contribution in [0.2, 0.25) is 0 Å². The van der Waals surface area contributed by atoms with Crippen molar-refractivity contribution >= 4 is 15.9 Å². The summed E-state index contributed by atoms with van der Waals surface area (Å²) in [5.41, 5.74) is 1.16. The fraction of sp³-hybridized carbons (Fsp3) is 0.667. The molecule has 0 saturated carbocycles. The van der Waals surface area contributed by atoms with Gasteiger partial charge in [-0.3, -0.25) is 9.69 Å². The molecule has 1 N–H and O–H groups in total. The molecule has 2 heterocycles. The van der Waals surface area contributed by atoms with E-state index in [1.807, 2.05) is 17.0 Å². The second kappa shape index (κ2) is 10.0. The lowest BCUT2D eigenvalue weighted by atomic mass is 9.99. The molecule has 162 valence electrons. The molecule has 2 atom stereocenters. The number of rotatable bonds is 8. The number of ether oxygens (including phenoxy) is 1. The zero-order valence-electron chi connectivity index (χ0n) is 17.5. The van der Waals surface area contributed by atoms with E-state index in [0.717, 1.165) is 31.4 Å². The summed E-state index contributed by atoms with van der Waals surface area (Å²) < 4.78 is 32.9. The SMILES string of the molecule is CC[C@H](C)c1ccc(S(=O)(=O)N2CCN(CC(=O)NC[C@@H]3CCCO3)CC2)cc1. The Kier molecular flexibility index (Phi) is 7.67. The molecule has 1 aromatic carbocycles. The highest BCUT2D eigenvalue weighted by atomic mass is 32.2. The van der Waals surface area contributed by atoms with Crippen molar-refractivity contribution in [3.8, 4) is 0 Å². The first-order valence-electron chi connectivity index (χ1n) is 10.6. The summed E-state index contributed by atoms with van der Waals surface area (Å²) in [6, 6.07) is 7.24. The molecule has 7 nitrogen and oxygen atoms in total. The van der Waals surface area contributed by atoms with Crippen LogP contribution >= 0.6 is 0 Å². The zero-order valence-corrected chi connectivity index (χ0v) is 18.3. The lowest BCUT2D eigenvalue weighted by molar-refractivity contribution is -0.123. The van der Waals surface area contributed by atoms with Gasteiger partial charge in [0, 0.05) is 39.3 Å². The highest BCUT2D eigenvalue weighted by Gasteiger charge is 2.29. The third kappa shape index (κ3) is 5.78. The predicted octanol–water partition coefficient (Wildman–Crippen LogP) is 1.80. The molecule has 2 saturated heterocycles. The van der Waals surface area contributed by atoms with Gasteiger partial charge >= 0.3 is 0 Å². The van der Waals surface area contributed by atoms with Crippen LogP contribution in [-0.4, -0.2) is 75.5 Å². The van der Waals surface area contributed by atoms with Gasteiger partial charge in [0.1, 0.15) is 0 Å². The maximum absolute atomic E-state index is 12.9. The van der Waals surface area contributed by atoms with Crippen LogP contribution in [0.4, 0.5) is 0 Å². The Labute approximate surface area is 174 Å². The Morgan fingerprint density at radius 1 is 1.21 bits per heavy atom. The van der Waals surface area contributed by atoms with Crippen LogP contribution in [0.25, 0.3) is 0 Å². The Morgan fingerprint density at radius 2 is 1.90 bits per heavy atom. The number of hydrogen-bond acceptors (Lipinski definition) is 5. The molecular formula is C21H33N3O4S. The van der Waals surface area contributed by atoms with Crippen LogP contribution in [-0.2, 0) is 19.6 Å². The minimum Gasteiger partial charge on any atom is -0.376 e. The Balaban J connectivity index is 1.48. The van der Waals surface area contributed by atoms with Crippen molar-refractivity contribution in [2.45, 2.75) is 50.0 Å². The van der Waals surface area contributed by atoms with Crippen molar-refractivity contribution in [2.75, 3.05) is 45.9 Å². The molecule has 0 aliphatic carbocycles. The molecule has 2 aliphatic rings. The number of nitrogens with zero attached hydrogens (tertiary/aromatic N) is 2. The fourth-order valence-electron chi connectivity index (χ4n) is 3.77. The normalized spacial score (nSPS) is 22.5. The van der Waals surface area contributed by atoms with Crippen LogP contribution in [0.1, 0.15) is 44.6 Å². The zero-order chi connectivity index (χ0) is 20.9. The average molecular weight is 424 g/mol. The highest BCUT2D eigenvalue weighted by Crippen LogP contribution is 2.23. The maximum Gasteiger partial charge on any atom is 0.243 e. The molecule has 0 bridgehead atoms. The number of carbonyl (C=O) groups is 1. The van der Waals surface area contributed by atoms with Crippen molar-refractivity contribution in [2.24, 2.45) is 0 Å². The lowest BCUT2D eigenvalue weighted by Gasteiger charge is -2.33. The second-order valence-electron chi connectivity index (χ2n) is 8.00. The summed E-state index contributed by atoms with van der Waals surface area (Å²) >= 11 is 0. The monoisotopic (exact) mass is 423 g/mol. The van der Waals surface area contributed by atoms with E-state index in [-0.39, 0.29) is 12.0 Å². The molecule has 2 fully saturated rings. The fourth-order valence-corrected chi connectivity index (χ4v) is 5.20. The van der Waals surface area contributed by atoms with Crippen molar-refractivity contribution in [1.29, 1.82) is 0 Å². The number of hydrogen-bond donors (Lipinski definition) is 1. The molecule has 0 radical (unpaired) electrons. The van der Waals surface area contributed by atoms with E-state index >= 15 is 0 Å². The van der Waals surface area contributed by atoms with E-state index in [1.54, 1.807) is 12.1 Å². The summed E-state index contributed by atoms with van der Waals surface area (Å²) in [4.78, 5) is 14.5. The van der Waals surface area contributed by atoms with Crippen LogP contribution in [0, 0.1) is 0 Å². The minimum absolute atomic E-state index is 0.0301. The number of carbonyl (C=O) groups excluding carboxylic acids is 1. The number of amides is 1. The molecule has 29 heavy (non-hydrogen) atoms. The molecule has 0 aromatic heterocycles. The van der Waals surface area contributed by atoms with Gasteiger partial charge in [0.05, 0.1) is 17.5 Å². The van der Waals surface area contributed by atoms with E-state index in [2.05, 4.69) is 19.2 Å². The molecule has 2 aliphatic heterocycles. The average Bonchev–Trinajstić information content (AvgIpc) is 3.26. The third-order valence-electron chi connectivity index (χ3n) is 5.95. The Bertz CT molecular complexity index is 768. The molecular weight excluding hydrogens is 390 g/mol. The number of sulfonamides is 1. The van der Waals surface area contributed by atoms with Gasteiger partial charge in [-0.2, -0.15) is 4.31 Å². The minimum atomic E-state index is -3.49. The van der Waals surface area contributed by atoms with E-state index in [0.29, 0.717) is 50.1 Å². The van der Waals surface area contributed by atoms with E-state index in [1.165, 1.54) is 4.31 Å². The van der Waals surface area contributed by atoms with E-state index in [4.69, 9.17) is 4.74 Å². The van der Waals surface area contributed by atoms with Gasteiger partial charge in [0.25, 0.3) is 0 Å². The summed E-state index contributed by atoms with van der Waals surface area (Å²) in [7, 11) is -3.49. The molecule has 3 rings (SSSR count). The molecule has 8 heteroatoms. The molecule has 1 aromatic rings. The largest absolute Gasteiger partial charge is 0.376 e. The van der Waals surface area contributed by atoms with Crippen LogP contribution in [0.3, 0.4) is 0 Å². The second-order valence-corrected chi connectivity index (χ2v) is 9.94. The quantitative estimate of drug-likeness (QED) is 0.690. The Morgan fingerprint density at radius 3 is 2.48 bits per heavy atom. The lowest BCUT2D eigenvalue weighted by Crippen LogP contribution is -2.51. The number of benzene rings is 1. The maximum atomic E-state index is 12.9. The highest BCUT2D eigenvalue weighted by molar-refractivity contribution is 7.89. The standard InChI is InChI=1S/C21H33N3O4S/c1-3-17(2)18-6-8-20(9-7-18)29(26,27)24-12-10-23(11-13-24)16-21(25)22-15-19-5-4-14-28-19/h6-9,17,19H,3-5,10-16H2,1-2H3,(H,22,25)/t17-,19-/m0/s1. The smallest absolute Gasteiger partial charge is 0.243 e. The van der Waals surface area contributed by atoms with Crippen molar-refractivity contribution in [1.82, 2.24) is 14.5 Å². The number of piperazine rings is 1. The summed E-state index contributed by atoms with van der Waals surface area (Å²) in [6.07, 6.45) is 3.20. The van der Waals surface area contributed by atoms with Gasteiger partial charge in [-0.1, -0.05) is 26.0 Å². The predicted molar refractivity (Wildman–Crippen MR) is 112 cm³/mol. The summed E-state index contributed by atoms with van der Waals surface area (Å²) in [6.45, 7) is 7.79. The van der Waals surface area contributed by atoms with Crippen molar-refractivity contribution < 1.29 is 17.9 Å². The molecule has 1 amide bonds. The van der Waals surface area contributed by atoms with E-state index < -0.39 is 10.0 Å². The van der Waals surface area contributed by atoms with Gasteiger partial charge in [0.2, 0.25) is 15.9 Å². The number of nitrogens with one attached hydrogen (secondary N) is 1. The molecule has 0 unspecified atom stereocenters. The van der Waals surface area contributed by atoms with Gasteiger partial charge in [-0.25, -0.2) is 8.42 Å². The van der Waals surface area contributed by atoms with Gasteiger partial charge in [0.15, 0.2) is 0 Å². The summed E-state index contributed by atoms with van der Waals surface area (Å²) in [5, 5.41) is 2.92. The van der Waals surface area contributed by atoms with Crippen molar-refractivity contribution in [3.63, 3.8) is 0 Å². The van der Waals surface area contributed by atoms with Gasteiger partial charge in [-0.05, 0) is 42.9 Å². The first-order valence-corrected chi connectivity index (χ1v) is 12.0. The van der Waals surface area contributed by atoms with E-state index in [9.17, 15) is 13.2 Å². The van der Waals surface area contributed by atoms with Crippen LogP contribution in [0.15, 0.2) is 29.2 Å². The molecule has 0 spiro atoms. The first kappa shape index (κ1) is 22.2.